The van der Waals surface area contributed by atoms with Crippen LogP contribution >= 0.6 is 0 Å². The number of fused-ring (bicyclic) bond motifs is 1. The monoisotopic (exact) mass is 230 g/mol. The van der Waals surface area contributed by atoms with Gasteiger partial charge in [0.25, 0.3) is 0 Å². The molecule has 1 aromatic carbocycles. The summed E-state index contributed by atoms with van der Waals surface area (Å²) in [6.45, 7) is 0.572. The van der Waals surface area contributed by atoms with Gasteiger partial charge in [0.1, 0.15) is 11.5 Å². The molecule has 17 heavy (non-hydrogen) atoms. The third-order valence-corrected chi connectivity index (χ3v) is 4.05. The van der Waals surface area contributed by atoms with Crippen LogP contribution in [0.25, 0.3) is 0 Å². The first kappa shape index (κ1) is 10.8. The van der Waals surface area contributed by atoms with Crippen molar-refractivity contribution in [3.05, 3.63) is 29.8 Å². The summed E-state index contributed by atoms with van der Waals surface area (Å²) >= 11 is 0. The Labute approximate surface area is 102 Å². The van der Waals surface area contributed by atoms with E-state index >= 15 is 0 Å². The molecule has 2 aliphatic rings. The van der Waals surface area contributed by atoms with E-state index in [2.05, 4.69) is 6.07 Å². The Morgan fingerprint density at radius 2 is 2.12 bits per heavy atom. The average molecular weight is 230 g/mol. The van der Waals surface area contributed by atoms with Gasteiger partial charge in [-0.3, -0.25) is 4.79 Å². The number of carbonyl (C=O) groups is 1. The van der Waals surface area contributed by atoms with Crippen molar-refractivity contribution in [2.75, 3.05) is 6.61 Å². The van der Waals surface area contributed by atoms with Crippen molar-refractivity contribution in [3.63, 3.8) is 0 Å². The third kappa shape index (κ3) is 2.21. The van der Waals surface area contributed by atoms with Gasteiger partial charge in [0.2, 0.25) is 0 Å². The molecular formula is C15H18O2. The van der Waals surface area contributed by atoms with Crippen LogP contribution in [0.3, 0.4) is 0 Å². The Hall–Kier alpha value is -1.31. The summed E-state index contributed by atoms with van der Waals surface area (Å²) in [6.07, 6.45) is 5.44. The molecule has 1 saturated carbocycles. The molecule has 1 heterocycles. The van der Waals surface area contributed by atoms with Crippen LogP contribution in [0.1, 0.15) is 31.2 Å². The Bertz CT molecular complexity index is 421. The highest BCUT2D eigenvalue weighted by atomic mass is 16.5. The van der Waals surface area contributed by atoms with Gasteiger partial charge in [-0.2, -0.15) is 0 Å². The van der Waals surface area contributed by atoms with Gasteiger partial charge < -0.3 is 4.74 Å². The molecule has 0 radical (unpaired) electrons. The van der Waals surface area contributed by atoms with Crippen molar-refractivity contribution in [3.8, 4) is 5.75 Å². The smallest absolute Gasteiger partial charge is 0.139 e. The zero-order valence-corrected chi connectivity index (χ0v) is 10.0. The van der Waals surface area contributed by atoms with Crippen LogP contribution in [-0.2, 0) is 11.2 Å². The van der Waals surface area contributed by atoms with E-state index in [0.717, 1.165) is 18.6 Å². The normalized spacial score (nSPS) is 23.4. The number of Topliss-reactive ketones (excluding diaryl/α,β-unsaturated/α-hetero) is 1. The first-order chi connectivity index (χ1) is 8.33. The van der Waals surface area contributed by atoms with Gasteiger partial charge >= 0.3 is 0 Å². The number of rotatable bonds is 3. The SMILES string of the molecule is O=C(CC1CCC1)C1COc2ccccc2C1. The second kappa shape index (κ2) is 4.52. The van der Waals surface area contributed by atoms with Crippen LogP contribution in [-0.4, -0.2) is 12.4 Å². The summed E-state index contributed by atoms with van der Waals surface area (Å²) in [5.41, 5.74) is 1.19. The van der Waals surface area contributed by atoms with Gasteiger partial charge in [-0.15, -0.1) is 0 Å². The van der Waals surface area contributed by atoms with Crippen LogP contribution in [0.15, 0.2) is 24.3 Å². The Balaban J connectivity index is 1.64. The minimum Gasteiger partial charge on any atom is -0.493 e. The van der Waals surface area contributed by atoms with Gasteiger partial charge in [0.05, 0.1) is 12.5 Å². The molecular weight excluding hydrogens is 212 g/mol. The molecule has 0 N–H and O–H groups in total. The number of hydrogen-bond acceptors (Lipinski definition) is 2. The molecule has 0 bridgehead atoms. The Morgan fingerprint density at radius 1 is 1.29 bits per heavy atom. The zero-order chi connectivity index (χ0) is 11.7. The highest BCUT2D eigenvalue weighted by Gasteiger charge is 2.29. The minimum atomic E-state index is 0.0884. The van der Waals surface area contributed by atoms with Gasteiger partial charge in [-0.25, -0.2) is 0 Å². The van der Waals surface area contributed by atoms with Crippen LogP contribution in [0, 0.1) is 11.8 Å². The largest absolute Gasteiger partial charge is 0.493 e. The molecule has 1 aliphatic carbocycles. The number of carbonyl (C=O) groups excluding carboxylic acids is 1. The Kier molecular flexibility index (Phi) is 2.87. The molecule has 0 aromatic heterocycles. The van der Waals surface area contributed by atoms with Crippen LogP contribution in [0.4, 0.5) is 0 Å². The molecule has 3 rings (SSSR count). The molecule has 1 aliphatic heterocycles. The fraction of sp³-hybridized carbons (Fsp3) is 0.533. The van der Waals surface area contributed by atoms with Crippen molar-refractivity contribution in [1.29, 1.82) is 0 Å². The first-order valence-corrected chi connectivity index (χ1v) is 6.56. The molecule has 1 unspecified atom stereocenters. The van der Waals surface area contributed by atoms with Gasteiger partial charge in [-0.05, 0) is 24.0 Å². The fourth-order valence-electron chi connectivity index (χ4n) is 2.68. The fourth-order valence-corrected chi connectivity index (χ4v) is 2.68. The number of ketones is 1. The molecule has 2 heteroatoms. The quantitative estimate of drug-likeness (QED) is 0.798. The van der Waals surface area contributed by atoms with E-state index in [4.69, 9.17) is 4.74 Å². The summed E-state index contributed by atoms with van der Waals surface area (Å²) in [6, 6.07) is 8.05. The molecule has 0 saturated heterocycles. The number of benzene rings is 1. The van der Waals surface area contributed by atoms with E-state index in [1.165, 1.54) is 24.8 Å². The van der Waals surface area contributed by atoms with Crippen LogP contribution in [0.5, 0.6) is 5.75 Å². The zero-order valence-electron chi connectivity index (χ0n) is 10.0. The van der Waals surface area contributed by atoms with Crippen LogP contribution in [0.2, 0.25) is 0 Å². The molecule has 2 nitrogen and oxygen atoms in total. The van der Waals surface area contributed by atoms with Gasteiger partial charge in [-0.1, -0.05) is 37.5 Å². The van der Waals surface area contributed by atoms with Crippen molar-refractivity contribution in [2.45, 2.75) is 32.1 Å². The maximum atomic E-state index is 12.1. The standard InChI is InChI=1S/C15H18O2/c16-14(8-11-4-3-5-11)13-9-12-6-1-2-7-15(12)17-10-13/h1-2,6-7,11,13H,3-5,8-10H2. The minimum absolute atomic E-state index is 0.0884. The number of hydrogen-bond donors (Lipinski definition) is 0. The number of para-hydroxylation sites is 1. The summed E-state index contributed by atoms with van der Waals surface area (Å²) in [5.74, 6) is 2.12. The van der Waals surface area contributed by atoms with Gasteiger partial charge in [0.15, 0.2) is 0 Å². The van der Waals surface area contributed by atoms with E-state index in [-0.39, 0.29) is 5.92 Å². The predicted octanol–water partition coefficient (Wildman–Crippen LogP) is 3.00. The van der Waals surface area contributed by atoms with E-state index < -0.39 is 0 Å². The lowest BCUT2D eigenvalue weighted by Gasteiger charge is -2.28. The van der Waals surface area contributed by atoms with Gasteiger partial charge in [0, 0.05) is 6.42 Å². The second-order valence-electron chi connectivity index (χ2n) is 5.29. The Morgan fingerprint density at radius 3 is 2.88 bits per heavy atom. The van der Waals surface area contributed by atoms with E-state index in [1.54, 1.807) is 0 Å². The molecule has 0 spiro atoms. The summed E-state index contributed by atoms with van der Waals surface area (Å²) in [5, 5.41) is 0. The molecule has 90 valence electrons. The van der Waals surface area contributed by atoms with Crippen LogP contribution < -0.4 is 4.74 Å². The lowest BCUT2D eigenvalue weighted by molar-refractivity contribution is -0.125. The topological polar surface area (TPSA) is 26.3 Å². The highest BCUT2D eigenvalue weighted by molar-refractivity contribution is 5.82. The van der Waals surface area contributed by atoms with E-state index in [1.807, 2.05) is 18.2 Å². The summed E-state index contributed by atoms with van der Waals surface area (Å²) in [7, 11) is 0. The second-order valence-corrected chi connectivity index (χ2v) is 5.29. The average Bonchev–Trinajstić information content (AvgIpc) is 2.33. The first-order valence-electron chi connectivity index (χ1n) is 6.56. The maximum absolute atomic E-state index is 12.1. The molecule has 0 amide bonds. The van der Waals surface area contributed by atoms with Crippen molar-refractivity contribution < 1.29 is 9.53 Å². The highest BCUT2D eigenvalue weighted by Crippen LogP contribution is 2.33. The summed E-state index contributed by atoms with van der Waals surface area (Å²) in [4.78, 5) is 12.1. The van der Waals surface area contributed by atoms with E-state index in [0.29, 0.717) is 18.3 Å². The van der Waals surface area contributed by atoms with Crippen molar-refractivity contribution in [1.82, 2.24) is 0 Å². The molecule has 1 aromatic rings. The lowest BCUT2D eigenvalue weighted by Crippen LogP contribution is -2.30. The number of ether oxygens (including phenoxy) is 1. The third-order valence-electron chi connectivity index (χ3n) is 4.05. The molecule has 1 fully saturated rings. The van der Waals surface area contributed by atoms with Crippen molar-refractivity contribution in [2.24, 2.45) is 11.8 Å². The van der Waals surface area contributed by atoms with E-state index in [9.17, 15) is 4.79 Å². The summed E-state index contributed by atoms with van der Waals surface area (Å²) < 4.78 is 5.67. The van der Waals surface area contributed by atoms with Crippen molar-refractivity contribution >= 4 is 5.78 Å². The lowest BCUT2D eigenvalue weighted by atomic mass is 9.79. The molecule has 1 atom stereocenters. The maximum Gasteiger partial charge on any atom is 0.139 e. The predicted molar refractivity (Wildman–Crippen MR) is 66.1 cm³/mol.